The first kappa shape index (κ1) is 21.2. The van der Waals surface area contributed by atoms with Gasteiger partial charge in [-0.05, 0) is 37.1 Å². The average Bonchev–Trinajstić information content (AvgIpc) is 2.61. The maximum absolute atomic E-state index is 12.6. The van der Waals surface area contributed by atoms with Gasteiger partial charge in [-0.1, -0.05) is 12.1 Å². The molecule has 5 nitrogen and oxygen atoms in total. The van der Waals surface area contributed by atoms with Crippen molar-refractivity contribution >= 4 is 30.7 Å². The van der Waals surface area contributed by atoms with Crippen LogP contribution in [0.5, 0.6) is 5.75 Å². The molecule has 1 aromatic heterocycles. The number of halogens is 2. The molecule has 2 heterocycles. The van der Waals surface area contributed by atoms with Gasteiger partial charge in [0.2, 0.25) is 0 Å². The molecule has 2 aromatic rings. The number of hydrogen-bond donors (Lipinski definition) is 1. The number of nitrogens with two attached hydrogens (primary N) is 1. The summed E-state index contributed by atoms with van der Waals surface area (Å²) >= 11 is 0. The first-order chi connectivity index (χ1) is 11.2. The van der Waals surface area contributed by atoms with E-state index >= 15 is 0 Å². The van der Waals surface area contributed by atoms with Crippen molar-refractivity contribution in [2.45, 2.75) is 25.5 Å². The summed E-state index contributed by atoms with van der Waals surface area (Å²) in [5.41, 5.74) is 7.54. The average molecular weight is 384 g/mol. The Kier molecular flexibility index (Phi) is 8.69. The lowest BCUT2D eigenvalue weighted by molar-refractivity contribution is 0.0714. The number of aromatic nitrogens is 1. The van der Waals surface area contributed by atoms with E-state index in [1.807, 2.05) is 35.2 Å². The molecule has 0 spiro atoms. The molecule has 0 radical (unpaired) electrons. The van der Waals surface area contributed by atoms with Gasteiger partial charge in [-0.25, -0.2) is 0 Å². The van der Waals surface area contributed by atoms with Gasteiger partial charge in [0, 0.05) is 42.7 Å². The molecule has 2 N–H and O–H groups in total. The van der Waals surface area contributed by atoms with Crippen LogP contribution in [-0.4, -0.2) is 34.9 Å². The predicted molar refractivity (Wildman–Crippen MR) is 103 cm³/mol. The third-order valence-electron chi connectivity index (χ3n) is 4.04. The van der Waals surface area contributed by atoms with Crippen LogP contribution in [0.15, 0.2) is 48.8 Å². The van der Waals surface area contributed by atoms with Gasteiger partial charge in [-0.3, -0.25) is 9.78 Å². The van der Waals surface area contributed by atoms with Crippen LogP contribution in [0.2, 0.25) is 0 Å². The van der Waals surface area contributed by atoms with Crippen LogP contribution in [0.3, 0.4) is 0 Å². The van der Waals surface area contributed by atoms with E-state index in [4.69, 9.17) is 10.5 Å². The first-order valence-corrected chi connectivity index (χ1v) is 7.89. The van der Waals surface area contributed by atoms with E-state index in [0.717, 1.165) is 31.5 Å². The number of ether oxygens (including phenoxy) is 1. The molecule has 7 heteroatoms. The molecule has 1 aliphatic rings. The Labute approximate surface area is 160 Å². The maximum atomic E-state index is 12.6. The van der Waals surface area contributed by atoms with Crippen LogP contribution in [-0.2, 0) is 6.61 Å². The summed E-state index contributed by atoms with van der Waals surface area (Å²) in [4.78, 5) is 18.5. The van der Waals surface area contributed by atoms with E-state index in [9.17, 15) is 4.79 Å². The van der Waals surface area contributed by atoms with Crippen molar-refractivity contribution in [2.75, 3.05) is 13.1 Å². The third-order valence-corrected chi connectivity index (χ3v) is 4.04. The summed E-state index contributed by atoms with van der Waals surface area (Å²) in [6.45, 7) is 1.88. The zero-order valence-electron chi connectivity index (χ0n) is 13.8. The Morgan fingerprint density at radius 3 is 2.64 bits per heavy atom. The van der Waals surface area contributed by atoms with Gasteiger partial charge in [0.25, 0.3) is 5.91 Å². The number of benzene rings is 1. The van der Waals surface area contributed by atoms with Gasteiger partial charge < -0.3 is 15.4 Å². The lowest BCUT2D eigenvalue weighted by Crippen LogP contribution is -2.42. The molecule has 0 atom stereocenters. The molecule has 136 valence electrons. The highest BCUT2D eigenvalue weighted by molar-refractivity contribution is 5.94. The van der Waals surface area contributed by atoms with Gasteiger partial charge in [0.15, 0.2) is 0 Å². The Morgan fingerprint density at radius 2 is 1.96 bits per heavy atom. The number of pyridine rings is 1. The number of likely N-dealkylation sites (tertiary alicyclic amines) is 1. The summed E-state index contributed by atoms with van der Waals surface area (Å²) < 4.78 is 5.76. The molecule has 1 saturated heterocycles. The number of amides is 1. The second-order valence-corrected chi connectivity index (χ2v) is 5.81. The van der Waals surface area contributed by atoms with E-state index in [0.29, 0.717) is 17.9 Å². The molecule has 1 fully saturated rings. The van der Waals surface area contributed by atoms with Crippen LogP contribution >= 0.6 is 24.8 Å². The fourth-order valence-corrected chi connectivity index (χ4v) is 2.65. The number of carbonyl (C=O) groups excluding carboxylic acids is 1. The molecule has 0 bridgehead atoms. The molecule has 1 aliphatic heterocycles. The second kappa shape index (κ2) is 10.2. The van der Waals surface area contributed by atoms with Gasteiger partial charge in [0.1, 0.15) is 12.4 Å². The fourth-order valence-electron chi connectivity index (χ4n) is 2.65. The molecule has 1 aromatic carbocycles. The highest BCUT2D eigenvalue weighted by Crippen LogP contribution is 2.18. The summed E-state index contributed by atoms with van der Waals surface area (Å²) in [6.07, 6.45) is 5.23. The van der Waals surface area contributed by atoms with Crippen molar-refractivity contribution in [1.82, 2.24) is 9.88 Å². The monoisotopic (exact) mass is 383 g/mol. The minimum Gasteiger partial charge on any atom is -0.489 e. The Morgan fingerprint density at radius 1 is 1.20 bits per heavy atom. The lowest BCUT2D eigenvalue weighted by atomic mass is 10.0. The first-order valence-electron chi connectivity index (χ1n) is 7.89. The van der Waals surface area contributed by atoms with Crippen LogP contribution in [0.1, 0.15) is 28.8 Å². The Bertz CT molecular complexity index is 662. The standard InChI is InChI=1S/C18H21N3O2.2ClH/c19-16-6-9-21(10-7-16)18(22)15-4-1-5-17(11-15)23-13-14-3-2-8-20-12-14;;/h1-5,8,11-12,16H,6-7,9-10,13,19H2;2*1H. The van der Waals surface area contributed by atoms with E-state index in [-0.39, 0.29) is 36.8 Å². The molecule has 1 amide bonds. The van der Waals surface area contributed by atoms with Gasteiger partial charge in [-0.2, -0.15) is 0 Å². The minimum atomic E-state index is 0. The van der Waals surface area contributed by atoms with Gasteiger partial charge >= 0.3 is 0 Å². The van der Waals surface area contributed by atoms with Crippen molar-refractivity contribution in [3.05, 3.63) is 59.9 Å². The third kappa shape index (κ3) is 5.88. The molecule has 3 rings (SSSR count). The SMILES string of the molecule is Cl.Cl.NC1CCN(C(=O)c2cccc(OCc3cccnc3)c2)CC1. The predicted octanol–water partition coefficient (Wildman–Crippen LogP) is 3.07. The van der Waals surface area contributed by atoms with Crippen LogP contribution < -0.4 is 10.5 Å². The highest BCUT2D eigenvalue weighted by Gasteiger charge is 2.21. The summed E-state index contributed by atoms with van der Waals surface area (Å²) in [5, 5.41) is 0. The van der Waals surface area contributed by atoms with Crippen molar-refractivity contribution in [3.63, 3.8) is 0 Å². The molecule has 0 aliphatic carbocycles. The molecular weight excluding hydrogens is 361 g/mol. The smallest absolute Gasteiger partial charge is 0.253 e. The van der Waals surface area contributed by atoms with Gasteiger partial charge in [-0.15, -0.1) is 24.8 Å². The van der Waals surface area contributed by atoms with Crippen LogP contribution in [0.4, 0.5) is 0 Å². The minimum absolute atomic E-state index is 0. The molecular formula is C18H23Cl2N3O2. The van der Waals surface area contributed by atoms with Crippen LogP contribution in [0, 0.1) is 0 Å². The largest absolute Gasteiger partial charge is 0.489 e. The lowest BCUT2D eigenvalue weighted by Gasteiger charge is -2.30. The summed E-state index contributed by atoms with van der Waals surface area (Å²) in [5.74, 6) is 0.733. The number of hydrogen-bond acceptors (Lipinski definition) is 4. The second-order valence-electron chi connectivity index (χ2n) is 5.81. The number of rotatable bonds is 4. The van der Waals surface area contributed by atoms with Crippen molar-refractivity contribution in [3.8, 4) is 5.75 Å². The molecule has 25 heavy (non-hydrogen) atoms. The highest BCUT2D eigenvalue weighted by atomic mass is 35.5. The molecule has 0 saturated carbocycles. The Hall–Kier alpha value is -1.82. The number of piperidine rings is 1. The molecule has 0 unspecified atom stereocenters. The zero-order chi connectivity index (χ0) is 16.1. The van der Waals surface area contributed by atoms with E-state index in [2.05, 4.69) is 4.98 Å². The summed E-state index contributed by atoms with van der Waals surface area (Å²) in [6, 6.07) is 11.4. The topological polar surface area (TPSA) is 68.5 Å². The van der Waals surface area contributed by atoms with E-state index in [1.54, 1.807) is 18.5 Å². The fraction of sp³-hybridized carbons (Fsp3) is 0.333. The zero-order valence-corrected chi connectivity index (χ0v) is 15.5. The van der Waals surface area contributed by atoms with Gasteiger partial charge in [0.05, 0.1) is 0 Å². The Balaban J connectivity index is 0.00000156. The normalized spacial score (nSPS) is 14.2. The van der Waals surface area contributed by atoms with Crippen LogP contribution in [0.25, 0.3) is 0 Å². The number of carbonyl (C=O) groups is 1. The number of nitrogens with zero attached hydrogens (tertiary/aromatic N) is 2. The van der Waals surface area contributed by atoms with Crippen molar-refractivity contribution < 1.29 is 9.53 Å². The quantitative estimate of drug-likeness (QED) is 0.880. The van der Waals surface area contributed by atoms with Crippen molar-refractivity contribution in [2.24, 2.45) is 5.73 Å². The van der Waals surface area contributed by atoms with E-state index < -0.39 is 0 Å². The maximum Gasteiger partial charge on any atom is 0.253 e. The van der Waals surface area contributed by atoms with E-state index in [1.165, 1.54) is 0 Å². The van der Waals surface area contributed by atoms with Crippen molar-refractivity contribution in [1.29, 1.82) is 0 Å². The summed E-state index contributed by atoms with van der Waals surface area (Å²) in [7, 11) is 0.